The summed E-state index contributed by atoms with van der Waals surface area (Å²) >= 11 is 3.35. The van der Waals surface area contributed by atoms with Gasteiger partial charge in [-0.1, -0.05) is 40.2 Å². The first-order valence-electron chi connectivity index (χ1n) is 7.96. The van der Waals surface area contributed by atoms with E-state index < -0.39 is 17.5 Å². The topological polar surface area (TPSA) is 63.6 Å². The van der Waals surface area contributed by atoms with Crippen LogP contribution in [0.2, 0.25) is 0 Å². The fraction of sp³-hybridized carbons (Fsp3) is 0.300. The molecule has 0 aliphatic rings. The third-order valence-corrected chi connectivity index (χ3v) is 4.13. The van der Waals surface area contributed by atoms with Crippen LogP contribution in [0, 0.1) is 0 Å². The fourth-order valence-corrected chi connectivity index (χ4v) is 2.66. The first kappa shape index (κ1) is 19.2. The van der Waals surface area contributed by atoms with Gasteiger partial charge in [0.1, 0.15) is 5.60 Å². The lowest BCUT2D eigenvalue weighted by Crippen LogP contribution is -2.23. The van der Waals surface area contributed by atoms with Gasteiger partial charge in [0.05, 0.1) is 11.5 Å². The number of hydrogen-bond donors (Lipinski definition) is 1. The summed E-state index contributed by atoms with van der Waals surface area (Å²) in [4.78, 5) is 23.7. The summed E-state index contributed by atoms with van der Waals surface area (Å²) in [6, 6.07) is 14.2. The number of benzene rings is 2. The van der Waals surface area contributed by atoms with Gasteiger partial charge in [-0.25, -0.2) is 4.79 Å². The maximum Gasteiger partial charge on any atom is 0.338 e. The van der Waals surface area contributed by atoms with Crippen LogP contribution < -0.4 is 0 Å². The Morgan fingerprint density at radius 1 is 1.04 bits per heavy atom. The second-order valence-electron chi connectivity index (χ2n) is 6.85. The molecule has 0 bridgehead atoms. The van der Waals surface area contributed by atoms with Crippen LogP contribution in [0.25, 0.3) is 0 Å². The van der Waals surface area contributed by atoms with E-state index in [9.17, 15) is 14.7 Å². The summed E-state index contributed by atoms with van der Waals surface area (Å²) in [5.74, 6) is -1.90. The molecule has 0 fully saturated rings. The van der Waals surface area contributed by atoms with Crippen molar-refractivity contribution >= 4 is 27.9 Å². The van der Waals surface area contributed by atoms with Crippen LogP contribution in [0.15, 0.2) is 53.0 Å². The molecule has 0 aliphatic heterocycles. The predicted octanol–water partition coefficient (Wildman–Crippen LogP) is 4.82. The second-order valence-corrected chi connectivity index (χ2v) is 7.76. The molecule has 5 heteroatoms. The maximum absolute atomic E-state index is 12.0. The molecule has 132 valence electrons. The first-order chi connectivity index (χ1) is 11.7. The zero-order valence-electron chi connectivity index (χ0n) is 14.5. The molecule has 0 unspecified atom stereocenters. The number of rotatable bonds is 5. The third kappa shape index (κ3) is 5.71. The van der Waals surface area contributed by atoms with Crippen LogP contribution in [-0.2, 0) is 16.0 Å². The molecule has 4 nitrogen and oxygen atoms in total. The Labute approximate surface area is 156 Å². The zero-order valence-corrected chi connectivity index (χ0v) is 16.0. The summed E-state index contributed by atoms with van der Waals surface area (Å²) < 4.78 is 6.23. The van der Waals surface area contributed by atoms with Crippen molar-refractivity contribution in [1.29, 1.82) is 0 Å². The Hall–Kier alpha value is -2.14. The number of aliphatic carboxylic acids is 1. The SMILES string of the molecule is CC(C)(C)OC(=O)c1ccc(C[C@@H](C(=O)O)c2ccc(Br)cc2)cc1. The minimum absolute atomic E-state index is 0.353. The standard InChI is InChI=1S/C20H21BrO4/c1-20(2,3)25-19(24)15-6-4-13(5-7-15)12-17(18(22)23)14-8-10-16(21)11-9-14/h4-11,17H,12H2,1-3H3,(H,22,23)/t17-/m1/s1. The Balaban J connectivity index is 2.14. The molecular formula is C20H21BrO4. The molecule has 1 N–H and O–H groups in total. The van der Waals surface area contributed by atoms with Crippen LogP contribution in [0.1, 0.15) is 48.2 Å². The number of carboxylic acid groups (broad SMARTS) is 1. The Kier molecular flexibility index (Phi) is 6.01. The van der Waals surface area contributed by atoms with Gasteiger partial charge in [0.25, 0.3) is 0 Å². The summed E-state index contributed by atoms with van der Waals surface area (Å²) in [7, 11) is 0. The Morgan fingerprint density at radius 3 is 2.08 bits per heavy atom. The van der Waals surface area contributed by atoms with Gasteiger partial charge in [0, 0.05) is 4.47 Å². The van der Waals surface area contributed by atoms with E-state index in [4.69, 9.17) is 4.74 Å². The van der Waals surface area contributed by atoms with Gasteiger partial charge in [-0.15, -0.1) is 0 Å². The van der Waals surface area contributed by atoms with Gasteiger partial charge < -0.3 is 9.84 Å². The monoisotopic (exact) mass is 404 g/mol. The number of carboxylic acids is 1. The van der Waals surface area contributed by atoms with E-state index in [-0.39, 0.29) is 5.97 Å². The van der Waals surface area contributed by atoms with E-state index in [0.29, 0.717) is 12.0 Å². The van der Waals surface area contributed by atoms with Gasteiger partial charge in [0.15, 0.2) is 0 Å². The molecule has 0 saturated carbocycles. The van der Waals surface area contributed by atoms with Crippen molar-refractivity contribution in [3.8, 4) is 0 Å². The molecule has 1 atom stereocenters. The van der Waals surface area contributed by atoms with Crippen LogP contribution in [-0.4, -0.2) is 22.6 Å². The summed E-state index contributed by atoms with van der Waals surface area (Å²) in [6.45, 7) is 5.44. The largest absolute Gasteiger partial charge is 0.481 e. The first-order valence-corrected chi connectivity index (χ1v) is 8.75. The molecule has 2 rings (SSSR count). The van der Waals surface area contributed by atoms with Gasteiger partial charge in [0.2, 0.25) is 0 Å². The molecule has 0 aliphatic carbocycles. The highest BCUT2D eigenvalue weighted by Crippen LogP contribution is 2.24. The van der Waals surface area contributed by atoms with Crippen molar-refractivity contribution < 1.29 is 19.4 Å². The molecule has 0 amide bonds. The fourth-order valence-electron chi connectivity index (χ4n) is 2.39. The lowest BCUT2D eigenvalue weighted by Gasteiger charge is -2.19. The third-order valence-electron chi connectivity index (χ3n) is 3.60. The molecule has 2 aromatic carbocycles. The average Bonchev–Trinajstić information content (AvgIpc) is 2.52. The summed E-state index contributed by atoms with van der Waals surface area (Å²) in [5, 5.41) is 9.54. The number of hydrogen-bond acceptors (Lipinski definition) is 3. The Bertz CT molecular complexity index is 743. The van der Waals surface area contributed by atoms with Gasteiger partial charge in [-0.3, -0.25) is 4.79 Å². The maximum atomic E-state index is 12.0. The molecule has 0 radical (unpaired) electrons. The smallest absolute Gasteiger partial charge is 0.338 e. The highest BCUT2D eigenvalue weighted by atomic mass is 79.9. The number of esters is 1. The summed E-state index contributed by atoms with van der Waals surface area (Å²) in [5.41, 5.74) is 1.50. The van der Waals surface area contributed by atoms with E-state index in [1.54, 1.807) is 36.4 Å². The van der Waals surface area contributed by atoms with E-state index in [2.05, 4.69) is 15.9 Å². The van der Waals surface area contributed by atoms with E-state index in [0.717, 1.165) is 15.6 Å². The second kappa shape index (κ2) is 7.83. The molecule has 2 aromatic rings. The van der Waals surface area contributed by atoms with Crippen molar-refractivity contribution in [2.24, 2.45) is 0 Å². The average molecular weight is 405 g/mol. The Morgan fingerprint density at radius 2 is 1.60 bits per heavy atom. The van der Waals surface area contributed by atoms with Crippen molar-refractivity contribution in [1.82, 2.24) is 0 Å². The van der Waals surface area contributed by atoms with E-state index in [1.807, 2.05) is 32.9 Å². The van der Waals surface area contributed by atoms with E-state index in [1.165, 1.54) is 0 Å². The predicted molar refractivity (Wildman–Crippen MR) is 99.8 cm³/mol. The van der Waals surface area contributed by atoms with Gasteiger partial charge >= 0.3 is 11.9 Å². The van der Waals surface area contributed by atoms with Crippen molar-refractivity contribution in [3.05, 3.63) is 69.7 Å². The molecule has 0 aromatic heterocycles. The lowest BCUT2D eigenvalue weighted by atomic mass is 9.92. The number of halogens is 1. The quantitative estimate of drug-likeness (QED) is 0.725. The van der Waals surface area contributed by atoms with Crippen molar-refractivity contribution in [3.63, 3.8) is 0 Å². The highest BCUT2D eigenvalue weighted by Gasteiger charge is 2.21. The van der Waals surface area contributed by atoms with Crippen LogP contribution in [0.4, 0.5) is 0 Å². The minimum atomic E-state index is -0.876. The zero-order chi connectivity index (χ0) is 18.6. The molecular weight excluding hydrogens is 384 g/mol. The number of ether oxygens (including phenoxy) is 1. The lowest BCUT2D eigenvalue weighted by molar-refractivity contribution is -0.138. The highest BCUT2D eigenvalue weighted by molar-refractivity contribution is 9.10. The normalized spacial score (nSPS) is 12.5. The molecule has 0 heterocycles. The van der Waals surface area contributed by atoms with E-state index >= 15 is 0 Å². The molecule has 0 saturated heterocycles. The number of carbonyl (C=O) groups is 2. The van der Waals surface area contributed by atoms with Crippen LogP contribution >= 0.6 is 15.9 Å². The van der Waals surface area contributed by atoms with Crippen LogP contribution in [0.5, 0.6) is 0 Å². The molecule has 0 spiro atoms. The number of carbonyl (C=O) groups excluding carboxylic acids is 1. The molecule has 25 heavy (non-hydrogen) atoms. The minimum Gasteiger partial charge on any atom is -0.481 e. The van der Waals surface area contributed by atoms with Gasteiger partial charge in [-0.2, -0.15) is 0 Å². The van der Waals surface area contributed by atoms with Crippen LogP contribution in [0.3, 0.4) is 0 Å². The van der Waals surface area contributed by atoms with Gasteiger partial charge in [-0.05, 0) is 62.6 Å². The summed E-state index contributed by atoms with van der Waals surface area (Å²) in [6.07, 6.45) is 0.353. The van der Waals surface area contributed by atoms with Crippen molar-refractivity contribution in [2.75, 3.05) is 0 Å². The van der Waals surface area contributed by atoms with Crippen molar-refractivity contribution in [2.45, 2.75) is 38.7 Å².